The first-order chi connectivity index (χ1) is 12.7. The van der Waals surface area contributed by atoms with Crippen molar-refractivity contribution in [3.05, 3.63) is 53.6 Å². The Morgan fingerprint density at radius 2 is 1.74 bits per heavy atom. The third-order valence-electron chi connectivity index (χ3n) is 4.04. The lowest BCUT2D eigenvalue weighted by molar-refractivity contribution is -0.116. The van der Waals surface area contributed by atoms with Gasteiger partial charge in [0, 0.05) is 13.0 Å². The number of hydrogen-bond donors (Lipinski definition) is 1. The SMILES string of the molecule is COc1ccccc1NC(=O)CCCN(c1cc(C)cc(C)c1)S(C)(=O)=O. The van der Waals surface area contributed by atoms with E-state index in [9.17, 15) is 13.2 Å². The lowest BCUT2D eigenvalue weighted by atomic mass is 10.1. The largest absolute Gasteiger partial charge is 0.495 e. The van der Waals surface area contributed by atoms with Gasteiger partial charge in [-0.25, -0.2) is 8.42 Å². The number of para-hydroxylation sites is 2. The number of carbonyl (C=O) groups excluding carboxylic acids is 1. The molecule has 1 amide bonds. The monoisotopic (exact) mass is 390 g/mol. The van der Waals surface area contributed by atoms with E-state index in [2.05, 4.69) is 5.32 Å². The van der Waals surface area contributed by atoms with E-state index in [0.717, 1.165) is 11.1 Å². The van der Waals surface area contributed by atoms with Gasteiger partial charge in [-0.2, -0.15) is 0 Å². The molecular weight excluding hydrogens is 364 g/mol. The second-order valence-electron chi connectivity index (χ2n) is 6.53. The molecule has 0 saturated heterocycles. The van der Waals surface area contributed by atoms with E-state index >= 15 is 0 Å². The summed E-state index contributed by atoms with van der Waals surface area (Å²) in [5.41, 5.74) is 3.21. The van der Waals surface area contributed by atoms with Gasteiger partial charge in [0.25, 0.3) is 0 Å². The van der Waals surface area contributed by atoms with Crippen molar-refractivity contribution in [3.63, 3.8) is 0 Å². The van der Waals surface area contributed by atoms with Crippen LogP contribution in [0.15, 0.2) is 42.5 Å². The van der Waals surface area contributed by atoms with Gasteiger partial charge in [0.2, 0.25) is 15.9 Å². The smallest absolute Gasteiger partial charge is 0.232 e. The number of nitrogens with zero attached hydrogens (tertiary/aromatic N) is 1. The maximum absolute atomic E-state index is 12.2. The van der Waals surface area contributed by atoms with Crippen LogP contribution in [0.25, 0.3) is 0 Å². The van der Waals surface area contributed by atoms with Crippen molar-refractivity contribution in [2.75, 3.05) is 29.5 Å². The van der Waals surface area contributed by atoms with Crippen LogP contribution in [0.2, 0.25) is 0 Å². The molecule has 2 rings (SSSR count). The van der Waals surface area contributed by atoms with Crippen LogP contribution in [0, 0.1) is 13.8 Å². The maximum Gasteiger partial charge on any atom is 0.232 e. The Hall–Kier alpha value is -2.54. The summed E-state index contributed by atoms with van der Waals surface area (Å²) in [5, 5.41) is 2.80. The number of hydrogen-bond acceptors (Lipinski definition) is 4. The number of carbonyl (C=O) groups is 1. The molecule has 27 heavy (non-hydrogen) atoms. The number of sulfonamides is 1. The summed E-state index contributed by atoms with van der Waals surface area (Å²) in [5.74, 6) is 0.396. The van der Waals surface area contributed by atoms with Gasteiger partial charge >= 0.3 is 0 Å². The van der Waals surface area contributed by atoms with Gasteiger partial charge in [-0.15, -0.1) is 0 Å². The van der Waals surface area contributed by atoms with Crippen LogP contribution < -0.4 is 14.4 Å². The van der Waals surface area contributed by atoms with Gasteiger partial charge in [-0.3, -0.25) is 9.10 Å². The van der Waals surface area contributed by atoms with Crippen molar-refractivity contribution in [1.29, 1.82) is 0 Å². The lowest BCUT2D eigenvalue weighted by Gasteiger charge is -2.23. The van der Waals surface area contributed by atoms with Gasteiger partial charge < -0.3 is 10.1 Å². The predicted octanol–water partition coefficient (Wildman–Crippen LogP) is 3.50. The van der Waals surface area contributed by atoms with Crippen LogP contribution in [0.3, 0.4) is 0 Å². The molecule has 0 heterocycles. The van der Waals surface area contributed by atoms with Crippen LogP contribution >= 0.6 is 0 Å². The van der Waals surface area contributed by atoms with Crippen LogP contribution in [-0.2, 0) is 14.8 Å². The zero-order chi connectivity index (χ0) is 20.0. The Kier molecular flexibility index (Phi) is 6.85. The van der Waals surface area contributed by atoms with Crippen molar-refractivity contribution in [3.8, 4) is 5.75 Å². The van der Waals surface area contributed by atoms with E-state index < -0.39 is 10.0 Å². The summed E-state index contributed by atoms with van der Waals surface area (Å²) in [7, 11) is -1.90. The highest BCUT2D eigenvalue weighted by atomic mass is 32.2. The van der Waals surface area contributed by atoms with E-state index in [1.54, 1.807) is 19.2 Å². The number of benzene rings is 2. The molecule has 2 aromatic rings. The minimum atomic E-state index is -3.44. The second-order valence-corrected chi connectivity index (χ2v) is 8.44. The van der Waals surface area contributed by atoms with Gasteiger partial charge in [0.15, 0.2) is 0 Å². The molecule has 7 heteroatoms. The molecule has 2 aromatic carbocycles. The fraction of sp³-hybridized carbons (Fsp3) is 0.350. The minimum absolute atomic E-state index is 0.187. The standard InChI is InChI=1S/C20H26N2O4S/c1-15-12-16(2)14-17(13-15)22(27(4,24)25)11-7-10-20(23)21-18-8-5-6-9-19(18)26-3/h5-6,8-9,12-14H,7,10-11H2,1-4H3,(H,21,23). The first-order valence-corrected chi connectivity index (χ1v) is 10.5. The molecule has 0 aliphatic rings. The zero-order valence-corrected chi connectivity index (χ0v) is 17.0. The molecule has 1 N–H and O–H groups in total. The van der Waals surface area contributed by atoms with E-state index in [4.69, 9.17) is 4.74 Å². The fourth-order valence-corrected chi connectivity index (χ4v) is 3.87. The number of amides is 1. The molecule has 0 aromatic heterocycles. The third kappa shape index (κ3) is 5.99. The number of aryl methyl sites for hydroxylation is 2. The number of nitrogens with one attached hydrogen (secondary N) is 1. The number of methoxy groups -OCH3 is 1. The molecule has 0 aliphatic heterocycles. The number of ether oxygens (including phenoxy) is 1. The minimum Gasteiger partial charge on any atom is -0.495 e. The van der Waals surface area contributed by atoms with Crippen molar-refractivity contribution in [1.82, 2.24) is 0 Å². The summed E-state index contributed by atoms with van der Waals surface area (Å²) in [6.07, 6.45) is 1.79. The quantitative estimate of drug-likeness (QED) is 0.749. The average molecular weight is 391 g/mol. The summed E-state index contributed by atoms with van der Waals surface area (Å²) in [6.45, 7) is 4.09. The van der Waals surface area contributed by atoms with Crippen LogP contribution in [0.5, 0.6) is 5.75 Å². The predicted molar refractivity (Wildman–Crippen MR) is 109 cm³/mol. The van der Waals surface area contributed by atoms with E-state index in [-0.39, 0.29) is 18.9 Å². The Morgan fingerprint density at radius 3 is 2.33 bits per heavy atom. The normalized spacial score (nSPS) is 11.1. The molecule has 0 bridgehead atoms. The zero-order valence-electron chi connectivity index (χ0n) is 16.2. The molecular formula is C20H26N2O4S. The summed E-state index contributed by atoms with van der Waals surface area (Å²) in [6, 6.07) is 12.8. The van der Waals surface area contributed by atoms with E-state index in [1.807, 2.05) is 44.2 Å². The average Bonchev–Trinajstić information content (AvgIpc) is 2.57. The van der Waals surface area contributed by atoms with Gasteiger partial charge in [-0.05, 0) is 55.7 Å². The second kappa shape index (κ2) is 8.90. The highest BCUT2D eigenvalue weighted by molar-refractivity contribution is 7.92. The highest BCUT2D eigenvalue weighted by Gasteiger charge is 2.18. The molecule has 0 atom stereocenters. The highest BCUT2D eigenvalue weighted by Crippen LogP contribution is 2.24. The molecule has 0 unspecified atom stereocenters. The van der Waals surface area contributed by atoms with Crippen LogP contribution in [-0.4, -0.2) is 34.2 Å². The van der Waals surface area contributed by atoms with Crippen LogP contribution in [0.4, 0.5) is 11.4 Å². The molecule has 0 fully saturated rings. The Bertz CT molecular complexity index is 890. The first-order valence-electron chi connectivity index (χ1n) is 8.69. The summed E-state index contributed by atoms with van der Waals surface area (Å²) in [4.78, 5) is 12.2. The molecule has 0 aliphatic carbocycles. The molecule has 146 valence electrons. The molecule has 0 spiro atoms. The summed E-state index contributed by atoms with van der Waals surface area (Å²) < 4.78 is 31.0. The van der Waals surface area contributed by atoms with E-state index in [1.165, 1.54) is 10.6 Å². The van der Waals surface area contributed by atoms with Crippen molar-refractivity contribution in [2.45, 2.75) is 26.7 Å². The van der Waals surface area contributed by atoms with Crippen LogP contribution in [0.1, 0.15) is 24.0 Å². The van der Waals surface area contributed by atoms with Crippen molar-refractivity contribution < 1.29 is 17.9 Å². The van der Waals surface area contributed by atoms with E-state index in [0.29, 0.717) is 23.5 Å². The summed E-state index contributed by atoms with van der Waals surface area (Å²) >= 11 is 0. The fourth-order valence-electron chi connectivity index (χ4n) is 2.92. The molecule has 0 radical (unpaired) electrons. The lowest BCUT2D eigenvalue weighted by Crippen LogP contribution is -2.31. The first kappa shape index (κ1) is 20.8. The van der Waals surface area contributed by atoms with Gasteiger partial charge in [0.1, 0.15) is 5.75 Å². The number of anilines is 2. The van der Waals surface area contributed by atoms with Gasteiger partial charge in [0.05, 0.1) is 24.7 Å². The Labute approximate surface area is 161 Å². The molecule has 0 saturated carbocycles. The maximum atomic E-state index is 12.2. The van der Waals surface area contributed by atoms with Gasteiger partial charge in [-0.1, -0.05) is 18.2 Å². The van der Waals surface area contributed by atoms with Crippen molar-refractivity contribution in [2.24, 2.45) is 0 Å². The number of rotatable bonds is 8. The Balaban J connectivity index is 2.02. The van der Waals surface area contributed by atoms with Crippen molar-refractivity contribution >= 4 is 27.3 Å². The Morgan fingerprint density at radius 1 is 1.11 bits per heavy atom. The third-order valence-corrected chi connectivity index (χ3v) is 5.23. The molecule has 6 nitrogen and oxygen atoms in total. The topological polar surface area (TPSA) is 75.7 Å².